The lowest BCUT2D eigenvalue weighted by molar-refractivity contribution is -0.138. The molecule has 0 aliphatic heterocycles. The van der Waals surface area contributed by atoms with Crippen molar-refractivity contribution in [3.05, 3.63) is 104 Å². The summed E-state index contributed by atoms with van der Waals surface area (Å²) < 4.78 is 5.52. The Morgan fingerprint density at radius 2 is 1.61 bits per heavy atom. The van der Waals surface area contributed by atoms with Gasteiger partial charge in [0.2, 0.25) is 0 Å². The van der Waals surface area contributed by atoms with Crippen molar-refractivity contribution in [2.75, 3.05) is 0 Å². The molecule has 0 aliphatic carbocycles. The number of hydrogen-bond acceptors (Lipinski definition) is 4. The highest BCUT2D eigenvalue weighted by molar-refractivity contribution is 6.39. The maximum atomic E-state index is 13.2. The predicted octanol–water partition coefficient (Wildman–Crippen LogP) is 6.99. The smallest absolute Gasteiger partial charge is 0.342 e. The number of nitrogens with zero attached hydrogens (tertiary/aromatic N) is 1. The fourth-order valence-electron chi connectivity index (χ4n) is 3.80. The minimum atomic E-state index is -1.51. The number of benzene rings is 3. The quantitative estimate of drug-likeness (QED) is 0.311. The molecule has 36 heavy (non-hydrogen) atoms. The summed E-state index contributed by atoms with van der Waals surface area (Å²) in [6.07, 6.45) is 0.586. The van der Waals surface area contributed by atoms with Crippen molar-refractivity contribution in [1.82, 2.24) is 5.32 Å². The first-order valence-corrected chi connectivity index (χ1v) is 12.4. The van der Waals surface area contributed by atoms with Crippen molar-refractivity contribution in [3.8, 4) is 6.07 Å². The summed E-state index contributed by atoms with van der Waals surface area (Å²) in [5.41, 5.74) is 0.940. The summed E-state index contributed by atoms with van der Waals surface area (Å²) in [5.74, 6) is -1.45. The van der Waals surface area contributed by atoms with Gasteiger partial charge in [0.05, 0.1) is 27.2 Å². The third-order valence-corrected chi connectivity index (χ3v) is 6.72. The Morgan fingerprint density at radius 1 is 1.00 bits per heavy atom. The zero-order chi connectivity index (χ0) is 26.5. The van der Waals surface area contributed by atoms with E-state index in [0.29, 0.717) is 17.0 Å². The average molecular weight is 544 g/mol. The van der Waals surface area contributed by atoms with Crippen LogP contribution in [0.25, 0.3) is 0 Å². The second-order valence-electron chi connectivity index (χ2n) is 8.93. The Morgan fingerprint density at radius 3 is 2.22 bits per heavy atom. The SMILES string of the molecule is CC(NC(=O)C(C)(C)OC(=O)c1c(Cl)cccc1Cl)C(Cc1ccc(Cl)cc1)c1cccc(C#N)c1. The van der Waals surface area contributed by atoms with Crippen LogP contribution in [0.15, 0.2) is 66.7 Å². The maximum Gasteiger partial charge on any atom is 0.342 e. The third kappa shape index (κ3) is 6.79. The van der Waals surface area contributed by atoms with Crippen LogP contribution in [-0.2, 0) is 16.0 Å². The molecule has 0 bridgehead atoms. The Labute approximate surface area is 225 Å². The van der Waals surface area contributed by atoms with Crippen LogP contribution in [0.1, 0.15) is 53.7 Å². The highest BCUT2D eigenvalue weighted by atomic mass is 35.5. The van der Waals surface area contributed by atoms with Gasteiger partial charge in [0.1, 0.15) is 0 Å². The molecule has 186 valence electrons. The molecule has 3 aromatic rings. The van der Waals surface area contributed by atoms with Crippen molar-refractivity contribution >= 4 is 46.7 Å². The van der Waals surface area contributed by atoms with Gasteiger partial charge in [-0.15, -0.1) is 0 Å². The highest BCUT2D eigenvalue weighted by Gasteiger charge is 2.35. The molecule has 0 radical (unpaired) electrons. The van der Waals surface area contributed by atoms with E-state index in [1.807, 2.05) is 49.4 Å². The lowest BCUT2D eigenvalue weighted by Crippen LogP contribution is -2.50. The van der Waals surface area contributed by atoms with Crippen LogP contribution in [0, 0.1) is 11.3 Å². The fraction of sp³-hybridized carbons (Fsp3) is 0.250. The van der Waals surface area contributed by atoms with E-state index in [9.17, 15) is 14.9 Å². The first-order chi connectivity index (χ1) is 17.0. The van der Waals surface area contributed by atoms with Gasteiger partial charge in [0.25, 0.3) is 5.91 Å². The molecule has 3 rings (SSSR count). The van der Waals surface area contributed by atoms with E-state index in [1.54, 1.807) is 12.1 Å². The van der Waals surface area contributed by atoms with Crippen LogP contribution in [0.3, 0.4) is 0 Å². The zero-order valence-corrected chi connectivity index (χ0v) is 22.3. The predicted molar refractivity (Wildman–Crippen MR) is 143 cm³/mol. The fourth-order valence-corrected chi connectivity index (χ4v) is 4.48. The van der Waals surface area contributed by atoms with E-state index in [1.165, 1.54) is 26.0 Å². The van der Waals surface area contributed by atoms with E-state index in [4.69, 9.17) is 39.5 Å². The third-order valence-electron chi connectivity index (χ3n) is 5.84. The Kier molecular flexibility index (Phi) is 9.03. The number of carbonyl (C=O) groups excluding carboxylic acids is 2. The molecular formula is C28H25Cl3N2O3. The summed E-state index contributed by atoms with van der Waals surface area (Å²) in [4.78, 5) is 26.0. The van der Waals surface area contributed by atoms with E-state index in [0.717, 1.165) is 11.1 Å². The molecule has 2 unspecified atom stereocenters. The first-order valence-electron chi connectivity index (χ1n) is 11.2. The van der Waals surface area contributed by atoms with Crippen LogP contribution >= 0.6 is 34.8 Å². The standard InChI is InChI=1S/C28H25Cl3N2O3/c1-17(33-27(35)28(2,3)36-26(34)25-23(30)8-5-9-24(25)31)22(15-18-10-12-21(29)13-11-18)20-7-4-6-19(14-20)16-32/h4-14,17,22H,15H2,1-3H3,(H,33,35). The lowest BCUT2D eigenvalue weighted by Gasteiger charge is -2.30. The number of rotatable bonds is 8. The van der Waals surface area contributed by atoms with E-state index < -0.39 is 17.5 Å². The van der Waals surface area contributed by atoms with Crippen LogP contribution < -0.4 is 5.32 Å². The number of carbonyl (C=O) groups is 2. The summed E-state index contributed by atoms with van der Waals surface area (Å²) in [5, 5.41) is 13.3. The number of esters is 1. The Hall–Kier alpha value is -3.04. The topological polar surface area (TPSA) is 79.2 Å². The minimum absolute atomic E-state index is 0.00342. The molecule has 0 saturated carbocycles. The van der Waals surface area contributed by atoms with Gasteiger partial charge in [-0.25, -0.2) is 4.79 Å². The Bertz CT molecular complexity index is 1280. The second kappa shape index (κ2) is 11.8. The normalized spacial score (nSPS) is 12.8. The molecular weight excluding hydrogens is 519 g/mol. The number of amides is 1. The highest BCUT2D eigenvalue weighted by Crippen LogP contribution is 2.29. The van der Waals surface area contributed by atoms with Gasteiger partial charge in [-0.1, -0.05) is 65.1 Å². The molecule has 8 heteroatoms. The van der Waals surface area contributed by atoms with Gasteiger partial charge in [-0.05, 0) is 74.7 Å². The van der Waals surface area contributed by atoms with Crippen LogP contribution in [0.5, 0.6) is 0 Å². The van der Waals surface area contributed by atoms with E-state index in [2.05, 4.69) is 11.4 Å². The van der Waals surface area contributed by atoms with Crippen molar-refractivity contribution in [3.63, 3.8) is 0 Å². The van der Waals surface area contributed by atoms with Gasteiger partial charge in [0.15, 0.2) is 5.60 Å². The van der Waals surface area contributed by atoms with Gasteiger partial charge in [-0.2, -0.15) is 5.26 Å². The summed E-state index contributed by atoms with van der Waals surface area (Å²) in [6, 6.07) is 21.2. The largest absolute Gasteiger partial charge is 0.446 e. The van der Waals surface area contributed by atoms with E-state index >= 15 is 0 Å². The summed E-state index contributed by atoms with van der Waals surface area (Å²) >= 11 is 18.3. The summed E-state index contributed by atoms with van der Waals surface area (Å²) in [7, 11) is 0. The molecule has 0 saturated heterocycles. The molecule has 0 spiro atoms. The molecule has 0 heterocycles. The number of hydrogen-bond donors (Lipinski definition) is 1. The number of nitriles is 1. The van der Waals surface area contributed by atoms with Crippen molar-refractivity contribution in [1.29, 1.82) is 5.26 Å². The van der Waals surface area contributed by atoms with Gasteiger partial charge < -0.3 is 10.1 Å². The Balaban J connectivity index is 1.82. The second-order valence-corrected chi connectivity index (χ2v) is 10.2. The zero-order valence-electron chi connectivity index (χ0n) is 20.0. The van der Waals surface area contributed by atoms with Crippen molar-refractivity contribution < 1.29 is 14.3 Å². The lowest BCUT2D eigenvalue weighted by atomic mass is 9.85. The van der Waals surface area contributed by atoms with Crippen LogP contribution in [0.4, 0.5) is 0 Å². The molecule has 0 aliphatic rings. The minimum Gasteiger partial charge on any atom is -0.446 e. The molecule has 3 aromatic carbocycles. The molecule has 5 nitrogen and oxygen atoms in total. The molecule has 1 N–H and O–H groups in total. The van der Waals surface area contributed by atoms with Gasteiger partial charge in [-0.3, -0.25) is 4.79 Å². The first kappa shape index (κ1) is 27.5. The summed E-state index contributed by atoms with van der Waals surface area (Å²) in [6.45, 7) is 4.88. The monoisotopic (exact) mass is 542 g/mol. The number of ether oxygens (including phenoxy) is 1. The van der Waals surface area contributed by atoms with Gasteiger partial charge in [0, 0.05) is 17.0 Å². The number of nitrogens with one attached hydrogen (secondary N) is 1. The maximum absolute atomic E-state index is 13.2. The van der Waals surface area contributed by atoms with Crippen molar-refractivity contribution in [2.24, 2.45) is 0 Å². The van der Waals surface area contributed by atoms with E-state index in [-0.39, 0.29) is 27.6 Å². The molecule has 0 aromatic heterocycles. The molecule has 2 atom stereocenters. The number of halogens is 3. The van der Waals surface area contributed by atoms with Crippen molar-refractivity contribution in [2.45, 2.75) is 44.8 Å². The van der Waals surface area contributed by atoms with Crippen LogP contribution in [-0.4, -0.2) is 23.5 Å². The van der Waals surface area contributed by atoms with Gasteiger partial charge >= 0.3 is 5.97 Å². The average Bonchev–Trinajstić information content (AvgIpc) is 2.83. The van der Waals surface area contributed by atoms with Crippen LogP contribution in [0.2, 0.25) is 15.1 Å². The molecule has 1 amide bonds. The molecule has 0 fully saturated rings.